The van der Waals surface area contributed by atoms with Gasteiger partial charge in [-0.05, 0) is 59.7 Å². The molecule has 1 heterocycles. The van der Waals surface area contributed by atoms with Crippen LogP contribution < -0.4 is 10.1 Å². The highest BCUT2D eigenvalue weighted by Crippen LogP contribution is 2.19. The van der Waals surface area contributed by atoms with Crippen molar-refractivity contribution in [3.63, 3.8) is 0 Å². The second-order valence-corrected chi connectivity index (χ2v) is 6.98. The molecule has 29 heavy (non-hydrogen) atoms. The number of carbonyl (C=O) groups is 1. The Labute approximate surface area is 172 Å². The predicted octanol–water partition coefficient (Wildman–Crippen LogP) is 4.88. The van der Waals surface area contributed by atoms with Gasteiger partial charge in [-0.2, -0.15) is 0 Å². The summed E-state index contributed by atoms with van der Waals surface area (Å²) >= 11 is 5.17. The van der Waals surface area contributed by atoms with Crippen molar-refractivity contribution in [3.05, 3.63) is 83.0 Å². The molecule has 4 aromatic rings. The number of amides is 1. The van der Waals surface area contributed by atoms with Crippen LogP contribution in [0.3, 0.4) is 0 Å². The predicted molar refractivity (Wildman–Crippen MR) is 113 cm³/mol. The van der Waals surface area contributed by atoms with E-state index in [1.165, 1.54) is 4.68 Å². The van der Waals surface area contributed by atoms with Crippen molar-refractivity contribution in [1.82, 2.24) is 9.78 Å². The summed E-state index contributed by atoms with van der Waals surface area (Å²) in [7, 11) is 0. The molecule has 0 spiro atoms. The molecule has 0 fully saturated rings. The lowest BCUT2D eigenvalue weighted by molar-refractivity contribution is -0.117. The van der Waals surface area contributed by atoms with Crippen molar-refractivity contribution in [3.8, 4) is 5.75 Å². The molecule has 1 N–H and O–H groups in total. The molecule has 7 heteroatoms. The van der Waals surface area contributed by atoms with Gasteiger partial charge in [0.05, 0.1) is 0 Å². The van der Waals surface area contributed by atoms with Crippen LogP contribution in [-0.4, -0.2) is 15.7 Å². The fourth-order valence-electron chi connectivity index (χ4n) is 2.96. The van der Waals surface area contributed by atoms with E-state index < -0.39 is 0 Å². The van der Waals surface area contributed by atoms with Gasteiger partial charge in [0.1, 0.15) is 12.3 Å². The molecule has 3 aromatic carbocycles. The lowest BCUT2D eigenvalue weighted by Gasteiger charge is -2.06. The topological polar surface area (TPSA) is 69.3 Å². The summed E-state index contributed by atoms with van der Waals surface area (Å²) in [6, 6.07) is 21.4. The van der Waals surface area contributed by atoms with Gasteiger partial charge in [-0.3, -0.25) is 4.79 Å². The number of ether oxygens (including phenoxy) is 1. The first-order valence-corrected chi connectivity index (χ1v) is 9.52. The average Bonchev–Trinajstić information content (AvgIpc) is 3.05. The maximum Gasteiger partial charge on any atom is 0.287 e. The third kappa shape index (κ3) is 4.70. The van der Waals surface area contributed by atoms with E-state index in [1.54, 1.807) is 0 Å². The first-order chi connectivity index (χ1) is 14.1. The molecule has 1 amide bonds. The zero-order valence-corrected chi connectivity index (χ0v) is 16.6. The molecule has 1 aromatic heterocycles. The minimum absolute atomic E-state index is 0.0421. The second kappa shape index (κ2) is 8.28. The van der Waals surface area contributed by atoms with Gasteiger partial charge in [0.25, 0.3) is 10.7 Å². The lowest BCUT2D eigenvalue weighted by atomic mass is 10.1. The van der Waals surface area contributed by atoms with E-state index in [-0.39, 0.29) is 23.9 Å². The van der Waals surface area contributed by atoms with Gasteiger partial charge < -0.3 is 14.5 Å². The summed E-state index contributed by atoms with van der Waals surface area (Å²) in [6.07, 6.45) is 0. The Balaban J connectivity index is 1.39. The minimum atomic E-state index is -0.240. The van der Waals surface area contributed by atoms with Crippen molar-refractivity contribution < 1.29 is 13.9 Å². The monoisotopic (exact) mass is 405 g/mol. The molecule has 0 saturated carbocycles. The molecule has 0 atom stereocenters. The van der Waals surface area contributed by atoms with E-state index >= 15 is 0 Å². The largest absolute Gasteiger partial charge is 0.484 e. The zero-order valence-electron chi connectivity index (χ0n) is 15.8. The Hall–Kier alpha value is -3.45. The number of nitrogens with zero attached hydrogens (tertiary/aromatic N) is 2. The molecule has 0 bridgehead atoms. The molecule has 6 nitrogen and oxygen atoms in total. The molecule has 146 valence electrons. The number of benzene rings is 3. The minimum Gasteiger partial charge on any atom is -0.484 e. The van der Waals surface area contributed by atoms with Gasteiger partial charge in [0.15, 0.2) is 6.61 Å². The Morgan fingerprint density at radius 2 is 1.93 bits per heavy atom. The van der Waals surface area contributed by atoms with E-state index in [2.05, 4.69) is 10.4 Å². The van der Waals surface area contributed by atoms with Gasteiger partial charge in [-0.25, -0.2) is 4.68 Å². The highest BCUT2D eigenvalue weighted by atomic mass is 32.1. The third-order valence-corrected chi connectivity index (χ3v) is 4.62. The van der Waals surface area contributed by atoms with Gasteiger partial charge in [0, 0.05) is 5.69 Å². The van der Waals surface area contributed by atoms with Crippen LogP contribution in [-0.2, 0) is 17.9 Å². The SMILES string of the molecule is Cc1cccc(OCc2nn(CC(=O)Nc3ccc4ccccc4c3)c(=S)o2)c1. The van der Waals surface area contributed by atoms with Crippen LogP contribution >= 0.6 is 12.2 Å². The Morgan fingerprint density at radius 1 is 1.10 bits per heavy atom. The van der Waals surface area contributed by atoms with Crippen molar-refractivity contribution in [2.75, 3.05) is 5.32 Å². The van der Waals surface area contributed by atoms with Crippen LogP contribution in [0.4, 0.5) is 5.69 Å². The maximum atomic E-state index is 12.4. The molecule has 0 aliphatic rings. The molecular formula is C22H19N3O3S. The van der Waals surface area contributed by atoms with E-state index in [0.717, 1.165) is 22.1 Å². The molecule has 0 aliphatic carbocycles. The number of anilines is 1. The van der Waals surface area contributed by atoms with Crippen LogP contribution in [0.25, 0.3) is 10.8 Å². The maximum absolute atomic E-state index is 12.4. The van der Waals surface area contributed by atoms with Crippen molar-refractivity contribution >= 4 is 34.6 Å². The summed E-state index contributed by atoms with van der Waals surface area (Å²) in [4.78, 5) is 12.5. The Morgan fingerprint density at radius 3 is 2.76 bits per heavy atom. The van der Waals surface area contributed by atoms with E-state index in [0.29, 0.717) is 11.6 Å². The number of rotatable bonds is 6. The van der Waals surface area contributed by atoms with Crippen LogP contribution in [0.5, 0.6) is 5.75 Å². The molecular weight excluding hydrogens is 386 g/mol. The van der Waals surface area contributed by atoms with Gasteiger partial charge in [0.2, 0.25) is 5.91 Å². The fraction of sp³-hybridized carbons (Fsp3) is 0.136. The van der Waals surface area contributed by atoms with Crippen molar-refractivity contribution in [2.24, 2.45) is 0 Å². The highest BCUT2D eigenvalue weighted by molar-refractivity contribution is 7.71. The smallest absolute Gasteiger partial charge is 0.287 e. The zero-order chi connectivity index (χ0) is 20.2. The summed E-state index contributed by atoms with van der Waals surface area (Å²) < 4.78 is 12.5. The number of carbonyl (C=O) groups excluding carboxylic acids is 1. The molecule has 0 unspecified atom stereocenters. The Bertz CT molecular complexity index is 1230. The van der Waals surface area contributed by atoms with Crippen LogP contribution in [0.2, 0.25) is 0 Å². The summed E-state index contributed by atoms with van der Waals surface area (Å²) in [6.45, 7) is 2.08. The standard InChI is InChI=1S/C22H19N3O3S/c1-15-5-4-8-19(11-15)27-14-21-24-25(22(29)28-21)13-20(26)23-18-10-9-16-6-2-3-7-17(16)12-18/h2-12H,13-14H2,1H3,(H,23,26). The third-order valence-electron chi connectivity index (χ3n) is 4.33. The summed E-state index contributed by atoms with van der Waals surface area (Å²) in [5.74, 6) is 0.792. The summed E-state index contributed by atoms with van der Waals surface area (Å²) in [5.41, 5.74) is 1.81. The number of aryl methyl sites for hydroxylation is 1. The van der Waals surface area contributed by atoms with Crippen molar-refractivity contribution in [1.29, 1.82) is 0 Å². The number of fused-ring (bicyclic) bond motifs is 1. The van der Waals surface area contributed by atoms with E-state index in [1.807, 2.05) is 73.7 Å². The van der Waals surface area contributed by atoms with Crippen LogP contribution in [0.15, 0.2) is 71.1 Å². The molecule has 0 aliphatic heterocycles. The van der Waals surface area contributed by atoms with Gasteiger partial charge in [-0.15, -0.1) is 5.10 Å². The highest BCUT2D eigenvalue weighted by Gasteiger charge is 2.11. The van der Waals surface area contributed by atoms with E-state index in [9.17, 15) is 4.79 Å². The van der Waals surface area contributed by atoms with Gasteiger partial charge >= 0.3 is 0 Å². The average molecular weight is 405 g/mol. The number of hydrogen-bond donors (Lipinski definition) is 1. The van der Waals surface area contributed by atoms with Gasteiger partial charge in [-0.1, -0.05) is 42.5 Å². The lowest BCUT2D eigenvalue weighted by Crippen LogP contribution is -2.19. The summed E-state index contributed by atoms with van der Waals surface area (Å²) in [5, 5.41) is 9.27. The number of hydrogen-bond acceptors (Lipinski definition) is 5. The number of aromatic nitrogens is 2. The quantitative estimate of drug-likeness (QED) is 0.463. The molecule has 0 radical (unpaired) electrons. The van der Waals surface area contributed by atoms with E-state index in [4.69, 9.17) is 21.4 Å². The van der Waals surface area contributed by atoms with Crippen molar-refractivity contribution in [2.45, 2.75) is 20.1 Å². The molecule has 4 rings (SSSR count). The fourth-order valence-corrected chi connectivity index (χ4v) is 3.16. The van der Waals surface area contributed by atoms with Crippen LogP contribution in [0.1, 0.15) is 11.5 Å². The first-order valence-electron chi connectivity index (χ1n) is 9.12. The first kappa shape index (κ1) is 18.9. The Kier molecular flexibility index (Phi) is 5.39. The second-order valence-electron chi connectivity index (χ2n) is 6.63. The normalized spacial score (nSPS) is 10.8. The number of nitrogens with one attached hydrogen (secondary N) is 1. The van der Waals surface area contributed by atoms with Crippen LogP contribution in [0, 0.1) is 11.8 Å². The molecule has 0 saturated heterocycles.